The van der Waals surface area contributed by atoms with E-state index in [1.165, 1.54) is 5.39 Å². The largest absolute Gasteiger partial charge is 0.361 e. The molecule has 2 aromatic heterocycles. The van der Waals surface area contributed by atoms with Gasteiger partial charge in [0, 0.05) is 22.8 Å². The zero-order valence-electron chi connectivity index (χ0n) is 9.74. The van der Waals surface area contributed by atoms with Gasteiger partial charge in [0.05, 0.1) is 10.2 Å². The van der Waals surface area contributed by atoms with E-state index in [0.717, 1.165) is 27.2 Å². The average Bonchev–Trinajstić information content (AvgIpc) is 2.82. The van der Waals surface area contributed by atoms with Gasteiger partial charge in [-0.2, -0.15) is 0 Å². The first-order valence-electron chi connectivity index (χ1n) is 5.55. The lowest BCUT2D eigenvalue weighted by molar-refractivity contribution is 1.09. The number of halogens is 1. The van der Waals surface area contributed by atoms with Crippen LogP contribution in [0.15, 0.2) is 41.3 Å². The maximum atomic E-state index is 4.23. The highest BCUT2D eigenvalue weighted by atomic mass is 79.9. The lowest BCUT2D eigenvalue weighted by atomic mass is 10.2. The Bertz CT molecular complexity index is 705. The molecule has 0 spiro atoms. The highest BCUT2D eigenvalue weighted by Crippen LogP contribution is 2.26. The van der Waals surface area contributed by atoms with E-state index >= 15 is 0 Å². The number of nitrogens with zero attached hydrogens (tertiary/aromatic N) is 2. The van der Waals surface area contributed by atoms with Gasteiger partial charge in [0.15, 0.2) is 0 Å². The summed E-state index contributed by atoms with van der Waals surface area (Å²) in [5.41, 5.74) is 3.04. The van der Waals surface area contributed by atoms with Crippen LogP contribution in [-0.2, 0) is 0 Å². The lowest BCUT2D eigenvalue weighted by Crippen LogP contribution is -1.97. The van der Waals surface area contributed by atoms with E-state index in [1.54, 1.807) is 6.33 Å². The van der Waals surface area contributed by atoms with Crippen LogP contribution in [0.5, 0.6) is 0 Å². The standard InChI is InChI=1S/C13H11BrN4/c1-8-12(14)13(17-7-16-8)18-10-2-3-11-9(6-10)4-5-15-11/h2-7,15H,1H3,(H,16,17,18). The van der Waals surface area contributed by atoms with Crippen molar-refractivity contribution >= 4 is 38.3 Å². The Hall–Kier alpha value is -1.88. The lowest BCUT2D eigenvalue weighted by Gasteiger charge is -2.08. The van der Waals surface area contributed by atoms with Gasteiger partial charge in [0.2, 0.25) is 0 Å². The summed E-state index contributed by atoms with van der Waals surface area (Å²) in [5.74, 6) is 0.775. The SMILES string of the molecule is Cc1ncnc(Nc2ccc3[nH]ccc3c2)c1Br. The van der Waals surface area contributed by atoms with Gasteiger partial charge in [-0.15, -0.1) is 0 Å². The number of benzene rings is 1. The molecule has 18 heavy (non-hydrogen) atoms. The Balaban J connectivity index is 1.98. The predicted molar refractivity (Wildman–Crippen MR) is 76.1 cm³/mol. The Morgan fingerprint density at radius 2 is 2.11 bits per heavy atom. The molecule has 0 unspecified atom stereocenters. The van der Waals surface area contributed by atoms with Crippen molar-refractivity contribution in [3.8, 4) is 0 Å². The monoisotopic (exact) mass is 302 g/mol. The Labute approximate surface area is 113 Å². The first-order chi connectivity index (χ1) is 8.74. The maximum Gasteiger partial charge on any atom is 0.148 e. The molecule has 0 radical (unpaired) electrons. The van der Waals surface area contributed by atoms with Gasteiger partial charge in [-0.1, -0.05) is 0 Å². The van der Waals surface area contributed by atoms with Crippen LogP contribution in [0.2, 0.25) is 0 Å². The summed E-state index contributed by atoms with van der Waals surface area (Å²) in [6, 6.07) is 8.18. The van der Waals surface area contributed by atoms with Crippen LogP contribution < -0.4 is 5.32 Å². The molecule has 0 aliphatic carbocycles. The fraction of sp³-hybridized carbons (Fsp3) is 0.0769. The van der Waals surface area contributed by atoms with Crippen molar-refractivity contribution in [2.75, 3.05) is 5.32 Å². The molecule has 0 aliphatic rings. The molecule has 90 valence electrons. The minimum Gasteiger partial charge on any atom is -0.361 e. The van der Waals surface area contributed by atoms with Crippen LogP contribution in [0.3, 0.4) is 0 Å². The maximum absolute atomic E-state index is 4.23. The third-order valence-corrected chi connectivity index (χ3v) is 3.73. The van der Waals surface area contributed by atoms with E-state index in [2.05, 4.69) is 42.3 Å². The number of rotatable bonds is 2. The Morgan fingerprint density at radius 1 is 1.22 bits per heavy atom. The number of anilines is 2. The summed E-state index contributed by atoms with van der Waals surface area (Å²) in [5, 5.41) is 4.45. The molecule has 0 fully saturated rings. The molecule has 0 bridgehead atoms. The van der Waals surface area contributed by atoms with Gasteiger partial charge in [-0.25, -0.2) is 9.97 Å². The quantitative estimate of drug-likeness (QED) is 0.757. The van der Waals surface area contributed by atoms with Crippen molar-refractivity contribution in [1.82, 2.24) is 15.0 Å². The molecule has 0 saturated heterocycles. The van der Waals surface area contributed by atoms with Gasteiger partial charge in [-0.05, 0) is 47.1 Å². The van der Waals surface area contributed by atoms with Crippen molar-refractivity contribution in [2.24, 2.45) is 0 Å². The fourth-order valence-corrected chi connectivity index (χ4v) is 2.12. The molecule has 3 rings (SSSR count). The van der Waals surface area contributed by atoms with E-state index in [0.29, 0.717) is 0 Å². The van der Waals surface area contributed by atoms with Crippen molar-refractivity contribution in [2.45, 2.75) is 6.92 Å². The number of fused-ring (bicyclic) bond motifs is 1. The van der Waals surface area contributed by atoms with Gasteiger partial charge in [-0.3, -0.25) is 0 Å². The van der Waals surface area contributed by atoms with E-state index in [4.69, 9.17) is 0 Å². The second kappa shape index (κ2) is 4.42. The minimum atomic E-state index is 0.775. The highest BCUT2D eigenvalue weighted by Gasteiger charge is 2.05. The van der Waals surface area contributed by atoms with Crippen molar-refractivity contribution in [1.29, 1.82) is 0 Å². The molecule has 0 aliphatic heterocycles. The molecular formula is C13H11BrN4. The molecule has 5 heteroatoms. The van der Waals surface area contributed by atoms with Gasteiger partial charge < -0.3 is 10.3 Å². The summed E-state index contributed by atoms with van der Waals surface area (Å²) in [7, 11) is 0. The smallest absolute Gasteiger partial charge is 0.148 e. The molecule has 0 amide bonds. The number of hydrogen-bond donors (Lipinski definition) is 2. The number of aryl methyl sites for hydroxylation is 1. The first kappa shape index (κ1) is 11.2. The molecule has 2 heterocycles. The number of hydrogen-bond acceptors (Lipinski definition) is 3. The summed E-state index contributed by atoms with van der Waals surface area (Å²) in [6.07, 6.45) is 3.48. The van der Waals surface area contributed by atoms with Gasteiger partial charge in [0.25, 0.3) is 0 Å². The molecule has 0 saturated carbocycles. The highest BCUT2D eigenvalue weighted by molar-refractivity contribution is 9.10. The molecule has 2 N–H and O–H groups in total. The van der Waals surface area contributed by atoms with E-state index in [-0.39, 0.29) is 0 Å². The number of aromatic amines is 1. The van der Waals surface area contributed by atoms with E-state index < -0.39 is 0 Å². The zero-order chi connectivity index (χ0) is 12.5. The summed E-state index contributed by atoms with van der Waals surface area (Å²) in [4.78, 5) is 11.5. The Morgan fingerprint density at radius 3 is 3.00 bits per heavy atom. The summed E-state index contributed by atoms with van der Waals surface area (Å²) >= 11 is 3.49. The van der Waals surface area contributed by atoms with Crippen molar-refractivity contribution < 1.29 is 0 Å². The second-order valence-corrected chi connectivity index (χ2v) is 4.82. The molecule has 0 atom stereocenters. The number of nitrogens with one attached hydrogen (secondary N) is 2. The van der Waals surface area contributed by atoms with Crippen LogP contribution in [-0.4, -0.2) is 15.0 Å². The third kappa shape index (κ3) is 1.97. The fourth-order valence-electron chi connectivity index (χ4n) is 1.81. The topological polar surface area (TPSA) is 53.6 Å². The zero-order valence-corrected chi connectivity index (χ0v) is 11.3. The second-order valence-electron chi connectivity index (χ2n) is 4.03. The number of H-pyrrole nitrogens is 1. The van der Waals surface area contributed by atoms with Gasteiger partial charge >= 0.3 is 0 Å². The van der Waals surface area contributed by atoms with Gasteiger partial charge in [0.1, 0.15) is 12.1 Å². The third-order valence-electron chi connectivity index (χ3n) is 2.78. The normalized spacial score (nSPS) is 10.8. The summed E-state index contributed by atoms with van der Waals surface area (Å²) in [6.45, 7) is 1.94. The molecule has 4 nitrogen and oxygen atoms in total. The predicted octanol–water partition coefficient (Wildman–Crippen LogP) is 3.77. The minimum absolute atomic E-state index is 0.775. The van der Waals surface area contributed by atoms with Crippen LogP contribution in [0.4, 0.5) is 11.5 Å². The molecule has 3 aromatic rings. The average molecular weight is 303 g/mol. The van der Waals surface area contributed by atoms with Crippen LogP contribution in [0.1, 0.15) is 5.69 Å². The summed E-state index contributed by atoms with van der Waals surface area (Å²) < 4.78 is 0.888. The molecular weight excluding hydrogens is 292 g/mol. The van der Waals surface area contributed by atoms with Crippen molar-refractivity contribution in [3.05, 3.63) is 47.0 Å². The van der Waals surface area contributed by atoms with E-state index in [9.17, 15) is 0 Å². The Kier molecular flexibility index (Phi) is 2.76. The van der Waals surface area contributed by atoms with Crippen molar-refractivity contribution in [3.63, 3.8) is 0 Å². The molecule has 1 aromatic carbocycles. The van der Waals surface area contributed by atoms with Crippen LogP contribution in [0, 0.1) is 6.92 Å². The van der Waals surface area contributed by atoms with E-state index in [1.807, 2.05) is 31.3 Å². The van der Waals surface area contributed by atoms with Crippen LogP contribution in [0.25, 0.3) is 10.9 Å². The van der Waals surface area contributed by atoms with Crippen LogP contribution >= 0.6 is 15.9 Å². The number of aromatic nitrogens is 3. The first-order valence-corrected chi connectivity index (χ1v) is 6.34.